The van der Waals surface area contributed by atoms with Crippen LogP contribution in [0.3, 0.4) is 0 Å². The molecular weight excluding hydrogens is 783 g/mol. The Balaban J connectivity index is 1.18. The summed E-state index contributed by atoms with van der Waals surface area (Å²) in [5.74, 6) is -2.43. The average molecular weight is 836 g/mol. The number of Topliss-reactive ketones (excluding diaryl/α,β-unsaturated/α-hetero) is 1. The lowest BCUT2D eigenvalue weighted by Crippen LogP contribution is -2.59. The molecule has 3 aliphatic rings. The maximum atomic E-state index is 14.7. The SMILES string of the molecule is CCC[C@H](NC(=O)[C@@H]1C[C@]2(CC(c3cccc(Cl)c3)=NO2)CN1C(=O)[C@@H](NC(=O)CC1CCCCC1)C(C)(C)C)C(=O)C(=O)NCc1cc(-c2ccc(Cl)cc2)no1. The molecule has 13 nitrogen and oxygen atoms in total. The average Bonchev–Trinajstić information content (AvgIpc) is 3.94. The van der Waals surface area contributed by atoms with Gasteiger partial charge in [-0.05, 0) is 54.9 Å². The van der Waals surface area contributed by atoms with Crippen LogP contribution in [-0.4, -0.2) is 75.5 Å². The third-order valence-corrected chi connectivity index (χ3v) is 11.6. The second-order valence-electron chi connectivity index (χ2n) is 16.8. The molecule has 0 unspecified atom stereocenters. The molecule has 4 atom stereocenters. The number of oxime groups is 1. The summed E-state index contributed by atoms with van der Waals surface area (Å²) in [6, 6.07) is 12.6. The number of ketones is 1. The molecule has 1 aromatic heterocycles. The quantitative estimate of drug-likeness (QED) is 0.149. The van der Waals surface area contributed by atoms with Gasteiger partial charge in [0.25, 0.3) is 5.91 Å². The number of benzene rings is 2. The van der Waals surface area contributed by atoms with Gasteiger partial charge in [0.05, 0.1) is 24.8 Å². The predicted molar refractivity (Wildman–Crippen MR) is 220 cm³/mol. The van der Waals surface area contributed by atoms with E-state index in [1.165, 1.54) is 4.90 Å². The molecule has 4 amide bonds. The van der Waals surface area contributed by atoms with Gasteiger partial charge in [-0.3, -0.25) is 24.0 Å². The predicted octanol–water partition coefficient (Wildman–Crippen LogP) is 6.78. The van der Waals surface area contributed by atoms with E-state index in [1.54, 1.807) is 48.5 Å². The normalized spacial score (nSPS) is 20.6. The standard InChI is InChI=1S/C43H52Cl2N6O7/c1-5-10-32(37(53)40(55)46-24-31-21-33(49-57-31)27-15-17-29(44)18-16-27)47-39(54)35-23-43(22-34(50-58-43)28-13-9-14-30(45)20-28)25-51(35)41(56)38(42(2,3)4)48-36(52)19-26-11-7-6-8-12-26/h9,13-18,20-21,26,32,35,38H,5-8,10-12,19,22-25H2,1-4H3,(H,46,55)(H,47,54)(H,48,52)/t32-,35-,38+,43+/m0/s1. The van der Waals surface area contributed by atoms with Gasteiger partial charge in [-0.1, -0.05) is 111 Å². The molecule has 0 radical (unpaired) electrons. The van der Waals surface area contributed by atoms with Gasteiger partial charge in [0, 0.05) is 46.5 Å². The number of hydrogen-bond donors (Lipinski definition) is 3. The summed E-state index contributed by atoms with van der Waals surface area (Å²) < 4.78 is 5.38. The largest absolute Gasteiger partial charge is 0.387 e. The number of halogens is 2. The van der Waals surface area contributed by atoms with Crippen LogP contribution in [0.4, 0.5) is 0 Å². The number of likely N-dealkylation sites (tertiary alicyclic amines) is 1. The number of carbonyl (C=O) groups is 5. The molecule has 1 aliphatic carbocycles. The molecule has 15 heteroatoms. The van der Waals surface area contributed by atoms with E-state index in [4.69, 9.17) is 32.6 Å². The summed E-state index contributed by atoms with van der Waals surface area (Å²) in [6.45, 7) is 7.34. The molecule has 2 fully saturated rings. The molecular formula is C43H52Cl2N6O7. The van der Waals surface area contributed by atoms with Gasteiger partial charge in [0.1, 0.15) is 17.8 Å². The molecule has 0 bridgehead atoms. The summed E-state index contributed by atoms with van der Waals surface area (Å²) in [7, 11) is 0. The number of aromatic nitrogens is 1. The van der Waals surface area contributed by atoms with E-state index in [-0.39, 0.29) is 44.2 Å². The molecule has 2 aliphatic heterocycles. The van der Waals surface area contributed by atoms with Crippen LogP contribution in [0.1, 0.15) is 103 Å². The summed E-state index contributed by atoms with van der Waals surface area (Å²) in [5, 5.41) is 17.9. The molecule has 58 heavy (non-hydrogen) atoms. The van der Waals surface area contributed by atoms with E-state index in [0.717, 1.165) is 43.2 Å². The molecule has 1 saturated heterocycles. The van der Waals surface area contributed by atoms with Crippen LogP contribution in [0.15, 0.2) is 64.3 Å². The Labute approximate surface area is 348 Å². The van der Waals surface area contributed by atoms with Gasteiger partial charge in [-0.15, -0.1) is 0 Å². The second kappa shape index (κ2) is 18.4. The van der Waals surface area contributed by atoms with Crippen LogP contribution in [0.2, 0.25) is 10.0 Å². The van der Waals surface area contributed by atoms with Gasteiger partial charge in [0.2, 0.25) is 23.5 Å². The van der Waals surface area contributed by atoms with E-state index in [0.29, 0.717) is 40.1 Å². The monoisotopic (exact) mass is 834 g/mol. The van der Waals surface area contributed by atoms with Gasteiger partial charge in [-0.2, -0.15) is 0 Å². The number of carbonyl (C=O) groups excluding carboxylic acids is 5. The second-order valence-corrected chi connectivity index (χ2v) is 17.7. The molecule has 1 spiro atoms. The Bertz CT molecular complexity index is 2020. The maximum absolute atomic E-state index is 14.7. The Morgan fingerprint density at radius 2 is 1.69 bits per heavy atom. The van der Waals surface area contributed by atoms with Crippen molar-refractivity contribution in [1.82, 2.24) is 26.0 Å². The Morgan fingerprint density at radius 1 is 0.948 bits per heavy atom. The number of amides is 4. The van der Waals surface area contributed by atoms with Crippen molar-refractivity contribution in [2.75, 3.05) is 6.54 Å². The third kappa shape index (κ3) is 10.5. The first-order valence-corrected chi connectivity index (χ1v) is 20.8. The van der Waals surface area contributed by atoms with E-state index < -0.39 is 52.6 Å². The van der Waals surface area contributed by atoms with Crippen LogP contribution in [-0.2, 0) is 35.4 Å². The van der Waals surface area contributed by atoms with Crippen molar-refractivity contribution in [1.29, 1.82) is 0 Å². The molecule has 6 rings (SSSR count). The van der Waals surface area contributed by atoms with Gasteiger partial charge >= 0.3 is 0 Å². The van der Waals surface area contributed by atoms with Crippen molar-refractivity contribution in [2.45, 2.75) is 122 Å². The molecule has 3 N–H and O–H groups in total. The van der Waals surface area contributed by atoms with Crippen molar-refractivity contribution in [3.8, 4) is 11.3 Å². The Morgan fingerprint density at radius 3 is 2.38 bits per heavy atom. The first-order valence-electron chi connectivity index (χ1n) is 20.1. The van der Waals surface area contributed by atoms with Crippen molar-refractivity contribution in [3.05, 3.63) is 76.0 Å². The first-order chi connectivity index (χ1) is 27.6. The minimum atomic E-state index is -1.18. The van der Waals surface area contributed by atoms with Crippen molar-refractivity contribution < 1.29 is 33.3 Å². The zero-order valence-corrected chi connectivity index (χ0v) is 35.0. The lowest BCUT2D eigenvalue weighted by Gasteiger charge is -2.36. The highest BCUT2D eigenvalue weighted by Gasteiger charge is 2.55. The van der Waals surface area contributed by atoms with Crippen LogP contribution in [0.5, 0.6) is 0 Å². The summed E-state index contributed by atoms with van der Waals surface area (Å²) in [6.07, 6.45) is 6.62. The van der Waals surface area contributed by atoms with Crippen molar-refractivity contribution in [3.63, 3.8) is 0 Å². The van der Waals surface area contributed by atoms with Crippen molar-refractivity contribution in [2.24, 2.45) is 16.5 Å². The molecule has 1 saturated carbocycles. The van der Waals surface area contributed by atoms with Crippen LogP contribution in [0, 0.1) is 11.3 Å². The highest BCUT2D eigenvalue weighted by atomic mass is 35.5. The number of nitrogens with zero attached hydrogens (tertiary/aromatic N) is 3. The fourth-order valence-corrected chi connectivity index (χ4v) is 8.35. The summed E-state index contributed by atoms with van der Waals surface area (Å²) in [5.41, 5.74) is 0.890. The number of rotatable bonds is 14. The highest BCUT2D eigenvalue weighted by Crippen LogP contribution is 2.40. The zero-order chi connectivity index (χ0) is 41.6. The van der Waals surface area contributed by atoms with E-state index in [9.17, 15) is 24.0 Å². The summed E-state index contributed by atoms with van der Waals surface area (Å²) >= 11 is 12.3. The molecule has 3 heterocycles. The molecule has 2 aromatic carbocycles. The van der Waals surface area contributed by atoms with Crippen molar-refractivity contribution >= 4 is 58.3 Å². The van der Waals surface area contributed by atoms with Gasteiger partial charge in [-0.25, -0.2) is 0 Å². The van der Waals surface area contributed by atoms with Gasteiger partial charge in [0.15, 0.2) is 11.4 Å². The van der Waals surface area contributed by atoms with Crippen LogP contribution < -0.4 is 16.0 Å². The van der Waals surface area contributed by atoms with Crippen LogP contribution in [0.25, 0.3) is 11.3 Å². The summed E-state index contributed by atoms with van der Waals surface area (Å²) in [4.78, 5) is 76.9. The van der Waals surface area contributed by atoms with Crippen LogP contribution >= 0.6 is 23.2 Å². The Hall–Kier alpha value is -4.75. The number of nitrogens with one attached hydrogen (secondary N) is 3. The first kappa shape index (κ1) is 42.8. The smallest absolute Gasteiger partial charge is 0.289 e. The molecule has 3 aromatic rings. The van der Waals surface area contributed by atoms with E-state index in [2.05, 4.69) is 26.3 Å². The third-order valence-electron chi connectivity index (χ3n) is 11.2. The maximum Gasteiger partial charge on any atom is 0.289 e. The zero-order valence-electron chi connectivity index (χ0n) is 33.4. The lowest BCUT2D eigenvalue weighted by molar-refractivity contribution is -0.145. The fourth-order valence-electron chi connectivity index (χ4n) is 8.03. The highest BCUT2D eigenvalue weighted by molar-refractivity contribution is 6.38. The minimum Gasteiger partial charge on any atom is -0.387 e. The van der Waals surface area contributed by atoms with E-state index >= 15 is 0 Å². The Kier molecular flexibility index (Phi) is 13.6. The fraction of sp³-hybridized carbons (Fsp3) is 0.512. The lowest BCUT2D eigenvalue weighted by atomic mass is 9.84. The molecule has 310 valence electrons. The topological polar surface area (TPSA) is 172 Å². The minimum absolute atomic E-state index is 0.00459. The van der Waals surface area contributed by atoms with Gasteiger partial charge < -0.3 is 30.2 Å². The van der Waals surface area contributed by atoms with E-state index in [1.807, 2.05) is 33.8 Å². The number of hydrogen-bond acceptors (Lipinski definition) is 9.